The Morgan fingerprint density at radius 1 is 1.19 bits per heavy atom. The molecule has 2 aromatic rings. The van der Waals surface area contributed by atoms with E-state index in [0.717, 1.165) is 25.7 Å². The first-order chi connectivity index (χ1) is 14.9. The second-order valence-electron chi connectivity index (χ2n) is 8.37. The molecule has 1 amide bonds. The minimum absolute atomic E-state index is 0.0125. The van der Waals surface area contributed by atoms with E-state index in [1.165, 1.54) is 13.0 Å². The number of halogens is 1. The summed E-state index contributed by atoms with van der Waals surface area (Å²) in [5, 5.41) is 7.50. The number of rotatable bonds is 6. The number of piperazine rings is 1. The highest BCUT2D eigenvalue weighted by Gasteiger charge is 2.40. The molecule has 9 heteroatoms. The summed E-state index contributed by atoms with van der Waals surface area (Å²) in [4.78, 5) is 32.4. The Hall–Kier alpha value is -2.81. The van der Waals surface area contributed by atoms with E-state index in [9.17, 15) is 14.0 Å². The highest BCUT2D eigenvalue weighted by Crippen LogP contribution is 2.37. The van der Waals surface area contributed by atoms with Crippen LogP contribution in [0.15, 0.2) is 22.7 Å². The maximum absolute atomic E-state index is 14.4. The number of carbonyl (C=O) groups is 2. The van der Waals surface area contributed by atoms with Gasteiger partial charge in [0, 0.05) is 38.7 Å². The van der Waals surface area contributed by atoms with Crippen LogP contribution in [0.4, 0.5) is 10.1 Å². The molecule has 1 aromatic heterocycles. The topological polar surface area (TPSA) is 91.6 Å². The van der Waals surface area contributed by atoms with Gasteiger partial charge in [-0.25, -0.2) is 4.39 Å². The van der Waals surface area contributed by atoms with Gasteiger partial charge in [0.2, 0.25) is 11.8 Å². The average molecular weight is 429 g/mol. The summed E-state index contributed by atoms with van der Waals surface area (Å²) in [6.07, 6.45) is 3.87. The molecule has 1 aliphatic heterocycles. The molecule has 2 aliphatic rings. The van der Waals surface area contributed by atoms with Gasteiger partial charge in [0.25, 0.3) is 0 Å². The van der Waals surface area contributed by atoms with Gasteiger partial charge < -0.3 is 14.3 Å². The van der Waals surface area contributed by atoms with Crippen LogP contribution < -0.4 is 10.2 Å². The van der Waals surface area contributed by atoms with Gasteiger partial charge in [0.1, 0.15) is 5.82 Å². The number of nitrogens with zero attached hydrogens (tertiary/aromatic N) is 4. The summed E-state index contributed by atoms with van der Waals surface area (Å²) in [7, 11) is 0. The van der Waals surface area contributed by atoms with Crippen molar-refractivity contribution in [2.24, 2.45) is 0 Å². The Balaban J connectivity index is 1.34. The largest absolute Gasteiger partial charge is 0.366 e. The lowest BCUT2D eigenvalue weighted by atomic mass is 9.96. The van der Waals surface area contributed by atoms with Gasteiger partial charge in [0.05, 0.1) is 17.8 Å². The van der Waals surface area contributed by atoms with Crippen LogP contribution in [0.25, 0.3) is 0 Å². The molecular formula is C22H28FN5O3. The smallest absolute Gasteiger partial charge is 0.236 e. The molecule has 0 radical (unpaired) electrons. The van der Waals surface area contributed by atoms with Crippen LogP contribution in [0.5, 0.6) is 0 Å². The first kappa shape index (κ1) is 21.4. The molecule has 0 unspecified atom stereocenters. The fourth-order valence-corrected chi connectivity index (χ4v) is 4.49. The molecule has 1 aliphatic carbocycles. The molecule has 1 saturated heterocycles. The minimum atomic E-state index is -0.410. The first-order valence-corrected chi connectivity index (χ1v) is 10.8. The Kier molecular flexibility index (Phi) is 6.04. The summed E-state index contributed by atoms with van der Waals surface area (Å²) in [5.74, 6) is 0.592. The molecule has 8 nitrogen and oxygen atoms in total. The summed E-state index contributed by atoms with van der Waals surface area (Å²) >= 11 is 0. The van der Waals surface area contributed by atoms with E-state index in [1.54, 1.807) is 24.0 Å². The van der Waals surface area contributed by atoms with E-state index in [4.69, 9.17) is 4.52 Å². The molecule has 1 N–H and O–H groups in total. The highest BCUT2D eigenvalue weighted by molar-refractivity contribution is 5.94. The predicted molar refractivity (Wildman–Crippen MR) is 112 cm³/mol. The van der Waals surface area contributed by atoms with Gasteiger partial charge in [0.15, 0.2) is 11.6 Å². The number of carbonyl (C=O) groups excluding carboxylic acids is 2. The number of aryl methyl sites for hydroxylation is 1. The van der Waals surface area contributed by atoms with Crippen LogP contribution in [-0.4, -0.2) is 59.5 Å². The molecule has 1 saturated carbocycles. The molecule has 2 fully saturated rings. The Bertz CT molecular complexity index is 962. The number of nitrogens with one attached hydrogen (secondary N) is 1. The molecular weight excluding hydrogens is 401 g/mol. The van der Waals surface area contributed by atoms with Crippen molar-refractivity contribution < 1.29 is 18.5 Å². The number of hydrogen-bond donors (Lipinski definition) is 1. The van der Waals surface area contributed by atoms with Crippen molar-refractivity contribution >= 4 is 17.4 Å². The molecule has 2 heterocycles. The fourth-order valence-electron chi connectivity index (χ4n) is 4.49. The van der Waals surface area contributed by atoms with Crippen molar-refractivity contribution in [3.05, 3.63) is 41.3 Å². The standard InChI is InChI=1S/C22H28FN5O3/c1-15(29)17-5-6-19(18(23)13-17)27-9-11-28(12-10-27)20(30)14-24-22(7-3-4-8-22)21-25-16(2)31-26-21/h5-6,13,24H,3-4,7-12,14H2,1-2H3. The van der Waals surface area contributed by atoms with E-state index >= 15 is 0 Å². The van der Waals surface area contributed by atoms with Crippen LogP contribution in [-0.2, 0) is 10.3 Å². The van der Waals surface area contributed by atoms with Gasteiger partial charge in [-0.05, 0) is 38.0 Å². The Labute approximate surface area is 180 Å². The van der Waals surface area contributed by atoms with Crippen molar-refractivity contribution in [2.75, 3.05) is 37.6 Å². The average Bonchev–Trinajstić information content (AvgIpc) is 3.42. The zero-order valence-corrected chi connectivity index (χ0v) is 18.0. The van der Waals surface area contributed by atoms with Crippen molar-refractivity contribution in [2.45, 2.75) is 45.1 Å². The predicted octanol–water partition coefficient (Wildman–Crippen LogP) is 2.43. The van der Waals surface area contributed by atoms with Crippen LogP contribution >= 0.6 is 0 Å². The maximum Gasteiger partial charge on any atom is 0.236 e. The SMILES string of the molecule is CC(=O)c1ccc(N2CCN(C(=O)CNC3(c4noc(C)n4)CCCC3)CC2)c(F)c1. The Morgan fingerprint density at radius 2 is 1.90 bits per heavy atom. The van der Waals surface area contributed by atoms with E-state index in [0.29, 0.717) is 49.1 Å². The highest BCUT2D eigenvalue weighted by atomic mass is 19.1. The second-order valence-corrected chi connectivity index (χ2v) is 8.37. The lowest BCUT2D eigenvalue weighted by Crippen LogP contribution is -2.53. The molecule has 0 bridgehead atoms. The molecule has 0 spiro atoms. The molecule has 1 aromatic carbocycles. The number of hydrogen-bond acceptors (Lipinski definition) is 7. The zero-order chi connectivity index (χ0) is 22.0. The molecule has 0 atom stereocenters. The maximum atomic E-state index is 14.4. The van der Waals surface area contributed by atoms with Gasteiger partial charge in [-0.3, -0.25) is 14.9 Å². The first-order valence-electron chi connectivity index (χ1n) is 10.8. The van der Waals surface area contributed by atoms with Gasteiger partial charge in [-0.15, -0.1) is 0 Å². The number of Topliss-reactive ketones (excluding diaryl/α,β-unsaturated/α-hetero) is 1. The third-order valence-electron chi connectivity index (χ3n) is 6.32. The van der Waals surface area contributed by atoms with Crippen molar-refractivity contribution in [3.63, 3.8) is 0 Å². The van der Waals surface area contributed by atoms with Crippen LogP contribution in [0.2, 0.25) is 0 Å². The fraction of sp³-hybridized carbons (Fsp3) is 0.545. The number of benzene rings is 1. The number of aromatic nitrogens is 2. The summed E-state index contributed by atoms with van der Waals surface area (Å²) in [6.45, 7) is 5.50. The zero-order valence-electron chi connectivity index (χ0n) is 18.0. The van der Waals surface area contributed by atoms with Crippen molar-refractivity contribution in [1.29, 1.82) is 0 Å². The van der Waals surface area contributed by atoms with E-state index in [1.807, 2.05) is 4.90 Å². The molecule has 31 heavy (non-hydrogen) atoms. The van der Waals surface area contributed by atoms with Crippen LogP contribution in [0.3, 0.4) is 0 Å². The number of anilines is 1. The van der Waals surface area contributed by atoms with E-state index in [-0.39, 0.29) is 18.2 Å². The summed E-state index contributed by atoms with van der Waals surface area (Å²) in [6, 6.07) is 4.56. The van der Waals surface area contributed by atoms with Crippen LogP contribution in [0.1, 0.15) is 54.7 Å². The number of ketones is 1. The Morgan fingerprint density at radius 3 is 2.48 bits per heavy atom. The van der Waals surface area contributed by atoms with Crippen LogP contribution in [0, 0.1) is 12.7 Å². The number of amides is 1. The monoisotopic (exact) mass is 429 g/mol. The van der Waals surface area contributed by atoms with Crippen molar-refractivity contribution in [3.8, 4) is 0 Å². The summed E-state index contributed by atoms with van der Waals surface area (Å²) < 4.78 is 19.6. The normalized spacial score (nSPS) is 18.4. The summed E-state index contributed by atoms with van der Waals surface area (Å²) in [5.41, 5.74) is 0.419. The van der Waals surface area contributed by atoms with Gasteiger partial charge in [-0.1, -0.05) is 18.0 Å². The third kappa shape index (κ3) is 4.46. The van der Waals surface area contributed by atoms with Gasteiger partial charge >= 0.3 is 0 Å². The second kappa shape index (κ2) is 8.74. The quantitative estimate of drug-likeness (QED) is 0.705. The van der Waals surface area contributed by atoms with Crippen molar-refractivity contribution in [1.82, 2.24) is 20.4 Å². The lowest BCUT2D eigenvalue weighted by Gasteiger charge is -2.37. The molecule has 4 rings (SSSR count). The lowest BCUT2D eigenvalue weighted by molar-refractivity contribution is -0.131. The molecule has 166 valence electrons. The van der Waals surface area contributed by atoms with E-state index < -0.39 is 11.4 Å². The third-order valence-corrected chi connectivity index (χ3v) is 6.32. The minimum Gasteiger partial charge on any atom is -0.366 e. The van der Waals surface area contributed by atoms with E-state index in [2.05, 4.69) is 15.5 Å². The van der Waals surface area contributed by atoms with Gasteiger partial charge in [-0.2, -0.15) is 4.98 Å².